The molecule has 1 aromatic heterocycles. The molecule has 20 heavy (non-hydrogen) atoms. The van der Waals surface area contributed by atoms with Crippen LogP contribution < -0.4 is 10.6 Å². The second-order valence-electron chi connectivity index (χ2n) is 4.69. The molecule has 1 amide bonds. The summed E-state index contributed by atoms with van der Waals surface area (Å²) in [5.41, 5.74) is 3.13. The van der Waals surface area contributed by atoms with E-state index in [9.17, 15) is 4.79 Å². The fraction of sp³-hybridized carbons (Fsp3) is 0.400. The fourth-order valence-corrected chi connectivity index (χ4v) is 1.94. The van der Waals surface area contributed by atoms with E-state index in [1.165, 1.54) is 11.1 Å². The number of fused-ring (bicyclic) bond motifs is 1. The summed E-state index contributed by atoms with van der Waals surface area (Å²) in [6.07, 6.45) is 0. The first-order valence-electron chi connectivity index (χ1n) is 6.61. The van der Waals surface area contributed by atoms with Crippen molar-refractivity contribution in [3.05, 3.63) is 35.1 Å². The van der Waals surface area contributed by atoms with E-state index in [-0.39, 0.29) is 18.3 Å². The molecule has 1 aromatic carbocycles. The zero-order valence-electron chi connectivity index (χ0n) is 12.1. The number of hydrogen-bond donors (Lipinski definition) is 2. The van der Waals surface area contributed by atoms with Crippen LogP contribution in [0.1, 0.15) is 28.6 Å². The summed E-state index contributed by atoms with van der Waals surface area (Å²) in [4.78, 5) is 11.9. The standard InChI is InChI=1S/C15H20N2O2.ClH/c1-4-16-5-6-17-15(18)14-9-12-7-10(2)11(3)8-13(12)19-14;/h7-9,16H,4-6H2,1-3H3,(H,17,18);1H. The average molecular weight is 297 g/mol. The van der Waals surface area contributed by atoms with E-state index in [2.05, 4.69) is 17.6 Å². The van der Waals surface area contributed by atoms with E-state index in [0.717, 1.165) is 24.1 Å². The first-order chi connectivity index (χ1) is 9.11. The van der Waals surface area contributed by atoms with Crippen molar-refractivity contribution in [3.63, 3.8) is 0 Å². The van der Waals surface area contributed by atoms with Crippen molar-refractivity contribution >= 4 is 29.3 Å². The molecule has 0 spiro atoms. The summed E-state index contributed by atoms with van der Waals surface area (Å²) in [5.74, 6) is 0.209. The maximum Gasteiger partial charge on any atom is 0.287 e. The Morgan fingerprint density at radius 3 is 2.55 bits per heavy atom. The first kappa shape index (κ1) is 16.5. The summed E-state index contributed by atoms with van der Waals surface area (Å²) in [6, 6.07) is 5.81. The van der Waals surface area contributed by atoms with Crippen LogP contribution >= 0.6 is 12.4 Å². The lowest BCUT2D eigenvalue weighted by atomic mass is 10.1. The van der Waals surface area contributed by atoms with E-state index in [1.807, 2.05) is 26.0 Å². The van der Waals surface area contributed by atoms with Crippen molar-refractivity contribution in [2.24, 2.45) is 0 Å². The van der Waals surface area contributed by atoms with Crippen LogP contribution in [0.15, 0.2) is 22.6 Å². The Hall–Kier alpha value is -1.52. The highest BCUT2D eigenvalue weighted by Crippen LogP contribution is 2.23. The molecule has 0 fully saturated rings. The molecule has 0 unspecified atom stereocenters. The summed E-state index contributed by atoms with van der Waals surface area (Å²) in [7, 11) is 0. The van der Waals surface area contributed by atoms with Gasteiger partial charge in [0.1, 0.15) is 5.58 Å². The van der Waals surface area contributed by atoms with Crippen LogP contribution in [-0.4, -0.2) is 25.5 Å². The second-order valence-corrected chi connectivity index (χ2v) is 4.69. The SMILES string of the molecule is CCNCCNC(=O)c1cc2cc(C)c(C)cc2o1.Cl. The van der Waals surface area contributed by atoms with E-state index < -0.39 is 0 Å². The number of halogens is 1. The fourth-order valence-electron chi connectivity index (χ4n) is 1.94. The quantitative estimate of drug-likeness (QED) is 0.834. The van der Waals surface area contributed by atoms with Crippen molar-refractivity contribution < 1.29 is 9.21 Å². The summed E-state index contributed by atoms with van der Waals surface area (Å²) < 4.78 is 5.59. The largest absolute Gasteiger partial charge is 0.451 e. The van der Waals surface area contributed by atoms with Gasteiger partial charge in [-0.25, -0.2) is 0 Å². The van der Waals surface area contributed by atoms with Crippen LogP contribution in [-0.2, 0) is 0 Å². The van der Waals surface area contributed by atoms with Gasteiger partial charge in [0.2, 0.25) is 0 Å². The van der Waals surface area contributed by atoms with Gasteiger partial charge in [0.05, 0.1) is 0 Å². The number of rotatable bonds is 5. The van der Waals surface area contributed by atoms with Crippen LogP contribution in [0.4, 0.5) is 0 Å². The average Bonchev–Trinajstić information content (AvgIpc) is 2.78. The number of hydrogen-bond acceptors (Lipinski definition) is 3. The maximum atomic E-state index is 11.9. The number of aryl methyl sites for hydroxylation is 2. The summed E-state index contributed by atoms with van der Waals surface area (Å²) >= 11 is 0. The molecule has 0 radical (unpaired) electrons. The van der Waals surface area contributed by atoms with Gasteiger partial charge >= 0.3 is 0 Å². The molecule has 0 saturated carbocycles. The molecule has 5 heteroatoms. The monoisotopic (exact) mass is 296 g/mol. The Labute approximate surface area is 125 Å². The van der Waals surface area contributed by atoms with Gasteiger partial charge in [0.15, 0.2) is 5.76 Å². The lowest BCUT2D eigenvalue weighted by Gasteiger charge is -2.02. The molecule has 2 rings (SSSR count). The van der Waals surface area contributed by atoms with Crippen molar-refractivity contribution in [3.8, 4) is 0 Å². The molecule has 0 atom stereocenters. The van der Waals surface area contributed by atoms with E-state index in [1.54, 1.807) is 6.07 Å². The number of carbonyl (C=O) groups excluding carboxylic acids is 1. The molecule has 0 aliphatic heterocycles. The molecule has 1 heterocycles. The third-order valence-electron chi connectivity index (χ3n) is 3.19. The number of furan rings is 1. The molecular formula is C15H21ClN2O2. The topological polar surface area (TPSA) is 54.3 Å². The van der Waals surface area contributed by atoms with Gasteiger partial charge in [0, 0.05) is 18.5 Å². The normalized spacial score (nSPS) is 10.3. The summed E-state index contributed by atoms with van der Waals surface area (Å²) in [6.45, 7) is 8.39. The zero-order valence-corrected chi connectivity index (χ0v) is 12.9. The third kappa shape index (κ3) is 3.74. The molecule has 2 aromatic rings. The highest BCUT2D eigenvalue weighted by molar-refractivity contribution is 5.96. The zero-order chi connectivity index (χ0) is 13.8. The van der Waals surface area contributed by atoms with Crippen LogP contribution in [0.3, 0.4) is 0 Å². The van der Waals surface area contributed by atoms with Crippen molar-refractivity contribution in [1.82, 2.24) is 10.6 Å². The van der Waals surface area contributed by atoms with Gasteiger partial charge < -0.3 is 15.1 Å². The second kappa shape index (κ2) is 7.31. The lowest BCUT2D eigenvalue weighted by Crippen LogP contribution is -2.31. The third-order valence-corrected chi connectivity index (χ3v) is 3.19. The van der Waals surface area contributed by atoms with E-state index >= 15 is 0 Å². The molecule has 0 aliphatic rings. The molecule has 0 saturated heterocycles. The van der Waals surface area contributed by atoms with Crippen LogP contribution in [0, 0.1) is 13.8 Å². The molecule has 4 nitrogen and oxygen atoms in total. The minimum absolute atomic E-state index is 0. The van der Waals surface area contributed by atoms with Crippen LogP contribution in [0.2, 0.25) is 0 Å². The molecule has 0 aliphatic carbocycles. The number of carbonyl (C=O) groups is 1. The number of amides is 1. The van der Waals surface area contributed by atoms with Gasteiger partial charge in [-0.05, 0) is 49.7 Å². The smallest absolute Gasteiger partial charge is 0.287 e. The molecule has 2 N–H and O–H groups in total. The van der Waals surface area contributed by atoms with Gasteiger partial charge in [-0.3, -0.25) is 4.79 Å². The van der Waals surface area contributed by atoms with Gasteiger partial charge in [-0.15, -0.1) is 12.4 Å². The Bertz CT molecular complexity index is 554. The number of benzene rings is 1. The minimum Gasteiger partial charge on any atom is -0.451 e. The molecular weight excluding hydrogens is 276 g/mol. The van der Waals surface area contributed by atoms with Crippen LogP contribution in [0.25, 0.3) is 11.0 Å². The van der Waals surface area contributed by atoms with Gasteiger partial charge in [0.25, 0.3) is 5.91 Å². The summed E-state index contributed by atoms with van der Waals surface area (Å²) in [5, 5.41) is 6.95. The maximum absolute atomic E-state index is 11.9. The first-order valence-corrected chi connectivity index (χ1v) is 6.61. The molecule has 110 valence electrons. The number of nitrogens with one attached hydrogen (secondary N) is 2. The van der Waals surface area contributed by atoms with Crippen molar-refractivity contribution in [1.29, 1.82) is 0 Å². The highest BCUT2D eigenvalue weighted by atomic mass is 35.5. The van der Waals surface area contributed by atoms with E-state index in [0.29, 0.717) is 12.3 Å². The van der Waals surface area contributed by atoms with Gasteiger partial charge in [-0.1, -0.05) is 6.92 Å². The predicted octanol–water partition coefficient (Wildman–Crippen LogP) is 2.81. The Morgan fingerprint density at radius 1 is 1.15 bits per heavy atom. The molecule has 0 bridgehead atoms. The predicted molar refractivity (Wildman–Crippen MR) is 83.8 cm³/mol. The number of likely N-dealkylation sites (N-methyl/N-ethyl adjacent to an activating group) is 1. The van der Waals surface area contributed by atoms with Crippen molar-refractivity contribution in [2.45, 2.75) is 20.8 Å². The van der Waals surface area contributed by atoms with Crippen LogP contribution in [0.5, 0.6) is 0 Å². The van der Waals surface area contributed by atoms with E-state index in [4.69, 9.17) is 4.42 Å². The highest BCUT2D eigenvalue weighted by Gasteiger charge is 2.12. The lowest BCUT2D eigenvalue weighted by molar-refractivity contribution is 0.0928. The Balaban J connectivity index is 0.00000200. The van der Waals surface area contributed by atoms with Gasteiger partial charge in [-0.2, -0.15) is 0 Å². The Morgan fingerprint density at radius 2 is 1.85 bits per heavy atom. The van der Waals surface area contributed by atoms with Crippen molar-refractivity contribution in [2.75, 3.05) is 19.6 Å². The Kier molecular flexibility index (Phi) is 6.05. The minimum atomic E-state index is -0.163.